The number of rotatable bonds is 63. The molecule has 0 heterocycles. The van der Waals surface area contributed by atoms with Crippen LogP contribution in [0.2, 0.25) is 0 Å². The van der Waals surface area contributed by atoms with E-state index < -0.39 is 6.10 Å². The molecule has 79 heavy (non-hydrogen) atoms. The summed E-state index contributed by atoms with van der Waals surface area (Å²) in [7, 11) is 0. The summed E-state index contributed by atoms with van der Waals surface area (Å²) in [5.41, 5.74) is 0. The molecule has 6 nitrogen and oxygen atoms in total. The highest BCUT2D eigenvalue weighted by molar-refractivity contribution is 5.71. The fourth-order valence-corrected chi connectivity index (χ4v) is 10.1. The molecule has 0 aliphatic rings. The van der Waals surface area contributed by atoms with Gasteiger partial charge in [-0.15, -0.1) is 0 Å². The van der Waals surface area contributed by atoms with Crippen LogP contribution in [0.25, 0.3) is 0 Å². The molecule has 1 unspecified atom stereocenters. The molecular formula is C73H130O6. The van der Waals surface area contributed by atoms with Gasteiger partial charge in [-0.25, -0.2) is 0 Å². The number of carbonyl (C=O) groups excluding carboxylic acids is 3. The van der Waals surface area contributed by atoms with Gasteiger partial charge in [0.15, 0.2) is 6.10 Å². The van der Waals surface area contributed by atoms with E-state index in [1.54, 1.807) is 0 Å². The van der Waals surface area contributed by atoms with Gasteiger partial charge in [0.1, 0.15) is 13.2 Å². The molecule has 458 valence electrons. The second-order valence-corrected chi connectivity index (χ2v) is 23.1. The summed E-state index contributed by atoms with van der Waals surface area (Å²) in [6.07, 6.45) is 87.7. The maximum absolute atomic E-state index is 12.9. The number of ether oxygens (including phenoxy) is 3. The third-order valence-corrected chi connectivity index (χ3v) is 15.2. The maximum atomic E-state index is 12.9. The average molecular weight is 1100 g/mol. The van der Waals surface area contributed by atoms with Crippen molar-refractivity contribution in [2.75, 3.05) is 13.2 Å². The molecule has 0 saturated heterocycles. The van der Waals surface area contributed by atoms with Crippen molar-refractivity contribution in [2.24, 2.45) is 0 Å². The van der Waals surface area contributed by atoms with Crippen LogP contribution in [0, 0.1) is 0 Å². The van der Waals surface area contributed by atoms with Crippen molar-refractivity contribution in [1.29, 1.82) is 0 Å². The molecule has 0 spiro atoms. The molecule has 6 heteroatoms. The van der Waals surface area contributed by atoms with E-state index >= 15 is 0 Å². The van der Waals surface area contributed by atoms with Gasteiger partial charge in [0.25, 0.3) is 0 Å². The Morgan fingerprint density at radius 1 is 0.266 bits per heavy atom. The summed E-state index contributed by atoms with van der Waals surface area (Å²) in [5, 5.41) is 0. The highest BCUT2D eigenvalue weighted by Crippen LogP contribution is 2.18. The Balaban J connectivity index is 4.28. The SMILES string of the molecule is CC/C=C\C/C=C\C/C=C\C/C=C\CCCCCCCCCCCCCCCCC(=O)OCC(COC(=O)CCCCCCCCCCCCCCCCCCC)OC(=O)CCCCCCCCC/C=C\C/C=C\CCCCC. The van der Waals surface area contributed by atoms with Gasteiger partial charge in [-0.05, 0) is 89.9 Å². The molecule has 0 fully saturated rings. The minimum Gasteiger partial charge on any atom is -0.462 e. The molecule has 0 rings (SSSR count). The molecule has 0 amide bonds. The largest absolute Gasteiger partial charge is 0.462 e. The lowest BCUT2D eigenvalue weighted by Crippen LogP contribution is -2.30. The average Bonchev–Trinajstić information content (AvgIpc) is 3.45. The maximum Gasteiger partial charge on any atom is 0.306 e. The van der Waals surface area contributed by atoms with E-state index in [0.717, 1.165) is 96.3 Å². The molecule has 1 atom stereocenters. The molecule has 0 radical (unpaired) electrons. The van der Waals surface area contributed by atoms with Gasteiger partial charge in [-0.3, -0.25) is 14.4 Å². The predicted octanol–water partition coefficient (Wildman–Crippen LogP) is 23.7. The van der Waals surface area contributed by atoms with Crippen molar-refractivity contribution in [3.63, 3.8) is 0 Å². The Bertz CT molecular complexity index is 1450. The number of allylic oxidation sites excluding steroid dienone is 12. The quantitative estimate of drug-likeness (QED) is 0.0261. The number of esters is 3. The minimum absolute atomic E-state index is 0.0739. The molecular weight excluding hydrogens is 973 g/mol. The Morgan fingerprint density at radius 3 is 0.797 bits per heavy atom. The Morgan fingerprint density at radius 2 is 0.494 bits per heavy atom. The van der Waals surface area contributed by atoms with Crippen molar-refractivity contribution in [2.45, 2.75) is 361 Å². The van der Waals surface area contributed by atoms with Crippen molar-refractivity contribution in [3.8, 4) is 0 Å². The van der Waals surface area contributed by atoms with Gasteiger partial charge < -0.3 is 14.2 Å². The topological polar surface area (TPSA) is 78.9 Å². The van der Waals surface area contributed by atoms with Crippen LogP contribution < -0.4 is 0 Å². The second kappa shape index (κ2) is 67.4. The molecule has 0 saturated carbocycles. The summed E-state index contributed by atoms with van der Waals surface area (Å²) in [6.45, 7) is 6.55. The first-order valence-corrected chi connectivity index (χ1v) is 34.4. The van der Waals surface area contributed by atoms with Crippen molar-refractivity contribution in [3.05, 3.63) is 72.9 Å². The van der Waals surface area contributed by atoms with E-state index in [-0.39, 0.29) is 31.1 Å². The first-order chi connectivity index (χ1) is 39.0. The van der Waals surface area contributed by atoms with Crippen LogP contribution in [-0.2, 0) is 28.6 Å². The van der Waals surface area contributed by atoms with E-state index in [9.17, 15) is 14.4 Å². The zero-order valence-corrected chi connectivity index (χ0v) is 52.6. The van der Waals surface area contributed by atoms with Crippen molar-refractivity contribution >= 4 is 17.9 Å². The highest BCUT2D eigenvalue weighted by Gasteiger charge is 2.19. The van der Waals surface area contributed by atoms with Gasteiger partial charge in [0.2, 0.25) is 0 Å². The number of hydrogen-bond acceptors (Lipinski definition) is 6. The lowest BCUT2D eigenvalue weighted by molar-refractivity contribution is -0.167. The van der Waals surface area contributed by atoms with Gasteiger partial charge in [0, 0.05) is 19.3 Å². The monoisotopic (exact) mass is 1100 g/mol. The first kappa shape index (κ1) is 75.8. The van der Waals surface area contributed by atoms with Gasteiger partial charge >= 0.3 is 17.9 Å². The van der Waals surface area contributed by atoms with Gasteiger partial charge in [-0.2, -0.15) is 0 Å². The first-order valence-electron chi connectivity index (χ1n) is 34.4. The fourth-order valence-electron chi connectivity index (χ4n) is 10.1. The third-order valence-electron chi connectivity index (χ3n) is 15.2. The summed E-state index contributed by atoms with van der Waals surface area (Å²) in [5.74, 6) is -0.860. The minimum atomic E-state index is -0.779. The Kier molecular flexibility index (Phi) is 64.7. The zero-order chi connectivity index (χ0) is 57.1. The lowest BCUT2D eigenvalue weighted by atomic mass is 10.0. The zero-order valence-electron chi connectivity index (χ0n) is 52.6. The molecule has 0 aromatic carbocycles. The van der Waals surface area contributed by atoms with E-state index in [1.165, 1.54) is 218 Å². The molecule has 0 bridgehead atoms. The van der Waals surface area contributed by atoms with Crippen molar-refractivity contribution < 1.29 is 28.6 Å². The van der Waals surface area contributed by atoms with Crippen LogP contribution in [0.1, 0.15) is 355 Å². The molecule has 0 aromatic rings. The van der Waals surface area contributed by atoms with Gasteiger partial charge in [-0.1, -0.05) is 318 Å². The second-order valence-electron chi connectivity index (χ2n) is 23.1. The van der Waals surface area contributed by atoms with Crippen LogP contribution in [0.5, 0.6) is 0 Å². The predicted molar refractivity (Wildman–Crippen MR) is 344 cm³/mol. The van der Waals surface area contributed by atoms with Crippen LogP contribution in [0.4, 0.5) is 0 Å². The summed E-state index contributed by atoms with van der Waals surface area (Å²) >= 11 is 0. The van der Waals surface area contributed by atoms with E-state index in [1.807, 2.05) is 0 Å². The summed E-state index contributed by atoms with van der Waals surface area (Å²) in [4.78, 5) is 38.4. The van der Waals surface area contributed by atoms with E-state index in [0.29, 0.717) is 19.3 Å². The molecule has 0 aromatic heterocycles. The number of unbranched alkanes of at least 4 members (excludes halogenated alkanes) is 40. The van der Waals surface area contributed by atoms with Crippen molar-refractivity contribution in [1.82, 2.24) is 0 Å². The molecule has 0 aliphatic carbocycles. The van der Waals surface area contributed by atoms with E-state index in [4.69, 9.17) is 14.2 Å². The van der Waals surface area contributed by atoms with Gasteiger partial charge in [0.05, 0.1) is 0 Å². The number of carbonyl (C=O) groups is 3. The standard InChI is InChI=1S/C73H130O6/c1-4-7-10-13-16-19-22-25-28-31-32-33-34-35-36-37-38-39-40-43-45-48-51-54-57-60-63-66-72(75)78-69-70(79-73(76)67-64-61-58-55-52-49-46-42-30-27-24-21-18-15-12-9-6-3)68-77-71(74)65-62-59-56-53-50-47-44-41-29-26-23-20-17-14-11-8-5-2/h7,10,16,18-19,21,25,27-28,30,32-33,70H,4-6,8-9,11-15,17,20,22-24,26,29,31,34-69H2,1-3H3/b10-7-,19-16-,21-18-,28-25-,30-27-,33-32-. The fraction of sp³-hybridized carbons (Fsp3) is 0.795. The highest BCUT2D eigenvalue weighted by atomic mass is 16.6. The summed E-state index contributed by atoms with van der Waals surface area (Å²) in [6, 6.07) is 0. The number of hydrogen-bond donors (Lipinski definition) is 0. The lowest BCUT2D eigenvalue weighted by Gasteiger charge is -2.18. The molecule has 0 N–H and O–H groups in total. The third kappa shape index (κ3) is 65.5. The van der Waals surface area contributed by atoms with E-state index in [2.05, 4.69) is 93.7 Å². The Labute approximate surface area is 491 Å². The Hall–Kier alpha value is -3.15. The smallest absolute Gasteiger partial charge is 0.306 e. The summed E-state index contributed by atoms with van der Waals surface area (Å²) < 4.78 is 17.0. The van der Waals surface area contributed by atoms with Crippen LogP contribution in [-0.4, -0.2) is 37.2 Å². The van der Waals surface area contributed by atoms with Crippen LogP contribution in [0.3, 0.4) is 0 Å². The van der Waals surface area contributed by atoms with Crippen LogP contribution >= 0.6 is 0 Å². The normalized spacial score (nSPS) is 12.5. The van der Waals surface area contributed by atoms with Crippen LogP contribution in [0.15, 0.2) is 72.9 Å². The molecule has 0 aliphatic heterocycles.